The zero-order chi connectivity index (χ0) is 13.0. The number of hydrogen-bond donors (Lipinski definition) is 1. The molecule has 2 unspecified atom stereocenters. The van der Waals surface area contributed by atoms with Gasteiger partial charge in [0.1, 0.15) is 0 Å². The fraction of sp³-hybridized carbons (Fsp3) is 0.692. The number of nitrogens with zero attached hydrogens (tertiary/aromatic N) is 2. The molecule has 1 rings (SSSR count). The van der Waals surface area contributed by atoms with E-state index in [9.17, 15) is 5.11 Å². The van der Waals surface area contributed by atoms with Gasteiger partial charge in [0.2, 0.25) is 5.88 Å². The van der Waals surface area contributed by atoms with Crippen LogP contribution < -0.4 is 4.74 Å². The van der Waals surface area contributed by atoms with Gasteiger partial charge in [0.25, 0.3) is 0 Å². The van der Waals surface area contributed by atoms with Crippen molar-refractivity contribution in [1.29, 1.82) is 0 Å². The maximum absolute atomic E-state index is 9.80. The smallest absolute Gasteiger partial charge is 0.232 e. The van der Waals surface area contributed by atoms with Crippen molar-refractivity contribution >= 4 is 0 Å². The van der Waals surface area contributed by atoms with Crippen molar-refractivity contribution in [2.45, 2.75) is 52.7 Å². The van der Waals surface area contributed by atoms with Gasteiger partial charge in [-0.25, -0.2) is 4.98 Å². The Morgan fingerprint density at radius 2 is 1.76 bits per heavy atom. The second-order valence-electron chi connectivity index (χ2n) is 4.96. The van der Waals surface area contributed by atoms with E-state index < -0.39 is 6.10 Å². The van der Waals surface area contributed by atoms with Gasteiger partial charge in [0.05, 0.1) is 24.1 Å². The summed E-state index contributed by atoms with van der Waals surface area (Å²) in [5, 5.41) is 9.80. The van der Waals surface area contributed by atoms with Crippen molar-refractivity contribution in [2.75, 3.05) is 0 Å². The maximum atomic E-state index is 9.80. The number of aliphatic hydroxyl groups is 1. The van der Waals surface area contributed by atoms with E-state index in [1.165, 1.54) is 0 Å². The third-order valence-corrected chi connectivity index (χ3v) is 2.57. The molecule has 0 aliphatic carbocycles. The zero-order valence-electron chi connectivity index (χ0n) is 11.2. The molecule has 0 radical (unpaired) electrons. The van der Waals surface area contributed by atoms with Crippen molar-refractivity contribution in [1.82, 2.24) is 9.97 Å². The van der Waals surface area contributed by atoms with Crippen LogP contribution in [0.25, 0.3) is 0 Å². The molecule has 1 N–H and O–H groups in total. The number of hydrogen-bond acceptors (Lipinski definition) is 4. The predicted octanol–water partition coefficient (Wildman–Crippen LogP) is 2.38. The Hall–Kier alpha value is -1.16. The molecule has 4 nitrogen and oxygen atoms in total. The highest BCUT2D eigenvalue weighted by molar-refractivity contribution is 5.14. The van der Waals surface area contributed by atoms with E-state index in [1.54, 1.807) is 19.3 Å². The standard InChI is InChI=1S/C13H22N2O2/c1-8(2)13(10(5)16)11-6-14-7-12(15-11)17-9(3)4/h6-10,13,16H,1-5H3. The van der Waals surface area contributed by atoms with Gasteiger partial charge in [-0.1, -0.05) is 13.8 Å². The fourth-order valence-corrected chi connectivity index (χ4v) is 1.97. The Morgan fingerprint density at radius 3 is 2.24 bits per heavy atom. The van der Waals surface area contributed by atoms with E-state index in [2.05, 4.69) is 23.8 Å². The van der Waals surface area contributed by atoms with Crippen LogP contribution in [0.5, 0.6) is 5.88 Å². The third kappa shape index (κ3) is 3.97. The molecule has 0 spiro atoms. The summed E-state index contributed by atoms with van der Waals surface area (Å²) in [6.45, 7) is 9.80. The van der Waals surface area contributed by atoms with E-state index in [0.717, 1.165) is 5.69 Å². The highest BCUT2D eigenvalue weighted by Gasteiger charge is 2.23. The molecule has 4 heteroatoms. The Kier molecular flexibility index (Phi) is 4.87. The van der Waals surface area contributed by atoms with Gasteiger partial charge in [0.15, 0.2) is 0 Å². The summed E-state index contributed by atoms with van der Waals surface area (Å²) in [5.41, 5.74) is 0.785. The van der Waals surface area contributed by atoms with E-state index in [1.807, 2.05) is 13.8 Å². The Labute approximate surface area is 103 Å². The first-order valence-electron chi connectivity index (χ1n) is 6.08. The van der Waals surface area contributed by atoms with Crippen LogP contribution in [0, 0.1) is 5.92 Å². The van der Waals surface area contributed by atoms with Crippen molar-refractivity contribution < 1.29 is 9.84 Å². The van der Waals surface area contributed by atoms with E-state index in [4.69, 9.17) is 4.74 Å². The summed E-state index contributed by atoms with van der Waals surface area (Å²) in [5.74, 6) is 0.806. The zero-order valence-corrected chi connectivity index (χ0v) is 11.2. The van der Waals surface area contributed by atoms with Gasteiger partial charge in [0, 0.05) is 12.1 Å². The van der Waals surface area contributed by atoms with Crippen LogP contribution in [0.2, 0.25) is 0 Å². The Balaban J connectivity index is 2.96. The lowest BCUT2D eigenvalue weighted by molar-refractivity contribution is 0.137. The van der Waals surface area contributed by atoms with Crippen LogP contribution >= 0.6 is 0 Å². The highest BCUT2D eigenvalue weighted by Crippen LogP contribution is 2.27. The summed E-state index contributed by atoms with van der Waals surface area (Å²) >= 11 is 0. The van der Waals surface area contributed by atoms with E-state index >= 15 is 0 Å². The molecule has 0 fully saturated rings. The van der Waals surface area contributed by atoms with Crippen molar-refractivity contribution in [2.24, 2.45) is 5.92 Å². The number of rotatable bonds is 5. The minimum atomic E-state index is -0.446. The van der Waals surface area contributed by atoms with Crippen LogP contribution in [-0.4, -0.2) is 27.3 Å². The van der Waals surface area contributed by atoms with Gasteiger partial charge in [-0.05, 0) is 26.7 Å². The predicted molar refractivity (Wildman–Crippen MR) is 67.1 cm³/mol. The van der Waals surface area contributed by atoms with Crippen molar-refractivity contribution in [3.05, 3.63) is 18.1 Å². The summed E-state index contributed by atoms with van der Waals surface area (Å²) in [6, 6.07) is 0. The summed E-state index contributed by atoms with van der Waals surface area (Å²) in [6.07, 6.45) is 2.93. The Morgan fingerprint density at radius 1 is 1.12 bits per heavy atom. The third-order valence-electron chi connectivity index (χ3n) is 2.57. The SMILES string of the molecule is CC(C)Oc1cncc(C(C(C)C)C(C)O)n1. The summed E-state index contributed by atoms with van der Waals surface area (Å²) in [4.78, 5) is 8.54. The van der Waals surface area contributed by atoms with E-state index in [0.29, 0.717) is 11.8 Å². The lowest BCUT2D eigenvalue weighted by Crippen LogP contribution is -2.22. The molecular formula is C13H22N2O2. The highest BCUT2D eigenvalue weighted by atomic mass is 16.5. The minimum Gasteiger partial charge on any atom is -0.474 e. The van der Waals surface area contributed by atoms with Crippen LogP contribution in [0.3, 0.4) is 0 Å². The second-order valence-corrected chi connectivity index (χ2v) is 4.96. The molecule has 0 aromatic carbocycles. The van der Waals surface area contributed by atoms with Crippen LogP contribution in [-0.2, 0) is 0 Å². The number of aliphatic hydroxyl groups excluding tert-OH is 1. The van der Waals surface area contributed by atoms with Crippen LogP contribution in [0.1, 0.15) is 46.2 Å². The molecule has 0 saturated carbocycles. The first kappa shape index (κ1) is 13.9. The van der Waals surface area contributed by atoms with Crippen LogP contribution in [0.15, 0.2) is 12.4 Å². The van der Waals surface area contributed by atoms with Gasteiger partial charge < -0.3 is 9.84 Å². The molecule has 0 aliphatic heterocycles. The topological polar surface area (TPSA) is 55.2 Å². The monoisotopic (exact) mass is 238 g/mol. The molecule has 1 aromatic heterocycles. The van der Waals surface area contributed by atoms with Gasteiger partial charge in [-0.15, -0.1) is 0 Å². The molecule has 0 saturated heterocycles. The first-order chi connectivity index (χ1) is 7.91. The maximum Gasteiger partial charge on any atom is 0.232 e. The summed E-state index contributed by atoms with van der Waals surface area (Å²) in [7, 11) is 0. The second kappa shape index (κ2) is 5.96. The molecule has 96 valence electrons. The largest absolute Gasteiger partial charge is 0.474 e. The first-order valence-corrected chi connectivity index (χ1v) is 6.08. The number of ether oxygens (including phenoxy) is 1. The summed E-state index contributed by atoms with van der Waals surface area (Å²) < 4.78 is 5.51. The molecule has 1 aromatic rings. The minimum absolute atomic E-state index is 0.0155. The normalized spacial score (nSPS) is 15.1. The molecule has 17 heavy (non-hydrogen) atoms. The van der Waals surface area contributed by atoms with Crippen molar-refractivity contribution in [3.8, 4) is 5.88 Å². The average molecular weight is 238 g/mol. The van der Waals surface area contributed by atoms with Gasteiger partial charge >= 0.3 is 0 Å². The molecular weight excluding hydrogens is 216 g/mol. The molecule has 0 amide bonds. The Bertz CT molecular complexity index is 343. The lowest BCUT2D eigenvalue weighted by Gasteiger charge is -2.23. The quantitative estimate of drug-likeness (QED) is 0.855. The molecule has 0 aliphatic rings. The van der Waals surface area contributed by atoms with Crippen molar-refractivity contribution in [3.63, 3.8) is 0 Å². The van der Waals surface area contributed by atoms with Gasteiger partial charge in [-0.2, -0.15) is 0 Å². The average Bonchev–Trinajstić information content (AvgIpc) is 2.15. The molecule has 1 heterocycles. The van der Waals surface area contributed by atoms with Gasteiger partial charge in [-0.3, -0.25) is 4.98 Å². The molecule has 0 bridgehead atoms. The number of aromatic nitrogens is 2. The van der Waals surface area contributed by atoms with Crippen LogP contribution in [0.4, 0.5) is 0 Å². The van der Waals surface area contributed by atoms with E-state index in [-0.39, 0.29) is 12.0 Å². The lowest BCUT2D eigenvalue weighted by atomic mass is 9.88. The molecule has 2 atom stereocenters. The fourth-order valence-electron chi connectivity index (χ4n) is 1.97.